The number of nitrogens with one attached hydrogen (secondary N) is 2. The second-order valence-corrected chi connectivity index (χ2v) is 5.26. The molecule has 1 fully saturated rings. The van der Waals surface area contributed by atoms with Crippen LogP contribution < -0.4 is 15.4 Å². The highest BCUT2D eigenvalue weighted by Gasteiger charge is 2.19. The first-order valence-electron chi connectivity index (χ1n) is 7.27. The van der Waals surface area contributed by atoms with Gasteiger partial charge in [-0.1, -0.05) is 6.07 Å². The molecule has 1 aliphatic carbocycles. The third kappa shape index (κ3) is 3.20. The van der Waals surface area contributed by atoms with E-state index in [0.29, 0.717) is 0 Å². The Kier molecular flexibility index (Phi) is 4.02. The molecule has 0 spiro atoms. The minimum absolute atomic E-state index is 0.787. The van der Waals surface area contributed by atoms with E-state index < -0.39 is 0 Å². The molecule has 4 heteroatoms. The number of fused-ring (bicyclic) bond motifs is 1. The lowest BCUT2D eigenvalue weighted by molar-refractivity contribution is 0.415. The summed E-state index contributed by atoms with van der Waals surface area (Å²) in [5.74, 6) is 1.80. The molecule has 1 aliphatic rings. The van der Waals surface area contributed by atoms with E-state index in [1.807, 2.05) is 24.4 Å². The zero-order chi connectivity index (χ0) is 13.8. The summed E-state index contributed by atoms with van der Waals surface area (Å²) in [7, 11) is 1.69. The number of nitrogens with zero attached hydrogens (tertiary/aromatic N) is 1. The maximum Gasteiger partial charge on any atom is 0.133 e. The lowest BCUT2D eigenvalue weighted by Gasteiger charge is -2.10. The van der Waals surface area contributed by atoms with Gasteiger partial charge < -0.3 is 15.4 Å². The number of pyridine rings is 1. The first kappa shape index (κ1) is 13.2. The Bertz CT molecular complexity index is 581. The first-order chi connectivity index (χ1) is 9.86. The molecule has 1 heterocycles. The van der Waals surface area contributed by atoms with Gasteiger partial charge in [-0.05, 0) is 49.4 Å². The Labute approximate surface area is 119 Å². The third-order valence-electron chi connectivity index (χ3n) is 3.63. The van der Waals surface area contributed by atoms with Crippen molar-refractivity contribution in [2.24, 2.45) is 0 Å². The van der Waals surface area contributed by atoms with Crippen LogP contribution in [-0.4, -0.2) is 31.2 Å². The minimum Gasteiger partial charge on any atom is -0.497 e. The van der Waals surface area contributed by atoms with Gasteiger partial charge in [0, 0.05) is 24.2 Å². The standard InChI is InChI=1S/C16H21N3O/c1-20-14-6-3-12-7-10-19-16(15(12)11-14)18-9-2-8-17-13-4-5-13/h3,6-7,10-11,13,17H,2,4-5,8-9H2,1H3,(H,18,19). The van der Waals surface area contributed by atoms with E-state index in [0.717, 1.165) is 42.5 Å². The average molecular weight is 271 g/mol. The topological polar surface area (TPSA) is 46.2 Å². The molecular weight excluding hydrogens is 250 g/mol. The van der Waals surface area contributed by atoms with Crippen molar-refractivity contribution in [2.45, 2.75) is 25.3 Å². The number of methoxy groups -OCH3 is 1. The van der Waals surface area contributed by atoms with E-state index in [1.54, 1.807) is 7.11 Å². The molecule has 20 heavy (non-hydrogen) atoms. The van der Waals surface area contributed by atoms with Crippen molar-refractivity contribution in [3.8, 4) is 5.75 Å². The maximum atomic E-state index is 5.29. The van der Waals surface area contributed by atoms with Gasteiger partial charge in [0.1, 0.15) is 11.6 Å². The minimum atomic E-state index is 0.787. The number of hydrogen-bond donors (Lipinski definition) is 2. The predicted molar refractivity (Wildman–Crippen MR) is 82.4 cm³/mol. The Balaban J connectivity index is 1.63. The van der Waals surface area contributed by atoms with Gasteiger partial charge in [-0.2, -0.15) is 0 Å². The van der Waals surface area contributed by atoms with Gasteiger partial charge in [0.25, 0.3) is 0 Å². The second kappa shape index (κ2) is 6.09. The smallest absolute Gasteiger partial charge is 0.133 e. The fourth-order valence-corrected chi connectivity index (χ4v) is 2.30. The normalized spacial score (nSPS) is 14.4. The zero-order valence-corrected chi connectivity index (χ0v) is 11.9. The Morgan fingerprint density at radius 3 is 2.95 bits per heavy atom. The van der Waals surface area contributed by atoms with Crippen LogP contribution in [0, 0.1) is 0 Å². The van der Waals surface area contributed by atoms with Crippen molar-refractivity contribution in [1.82, 2.24) is 10.3 Å². The van der Waals surface area contributed by atoms with Crippen LogP contribution in [0.15, 0.2) is 30.5 Å². The van der Waals surface area contributed by atoms with Gasteiger partial charge in [0.15, 0.2) is 0 Å². The Hall–Kier alpha value is -1.81. The first-order valence-corrected chi connectivity index (χ1v) is 7.27. The summed E-state index contributed by atoms with van der Waals surface area (Å²) in [4.78, 5) is 4.44. The van der Waals surface area contributed by atoms with E-state index in [9.17, 15) is 0 Å². The summed E-state index contributed by atoms with van der Waals surface area (Å²) in [6.45, 7) is 2.01. The molecule has 0 aliphatic heterocycles. The molecule has 0 radical (unpaired) electrons. The zero-order valence-electron chi connectivity index (χ0n) is 11.9. The average Bonchev–Trinajstić information content (AvgIpc) is 3.31. The highest BCUT2D eigenvalue weighted by Crippen LogP contribution is 2.25. The fourth-order valence-electron chi connectivity index (χ4n) is 2.30. The number of anilines is 1. The van der Waals surface area contributed by atoms with E-state index in [2.05, 4.69) is 21.7 Å². The number of benzene rings is 1. The molecular formula is C16H21N3O. The van der Waals surface area contributed by atoms with Crippen molar-refractivity contribution in [2.75, 3.05) is 25.5 Å². The van der Waals surface area contributed by atoms with Gasteiger partial charge in [-0.15, -0.1) is 0 Å². The molecule has 0 bridgehead atoms. The highest BCUT2D eigenvalue weighted by atomic mass is 16.5. The molecule has 2 aromatic rings. The van der Waals surface area contributed by atoms with Crippen LogP contribution in [-0.2, 0) is 0 Å². The fraction of sp³-hybridized carbons (Fsp3) is 0.438. The van der Waals surface area contributed by atoms with Crippen LogP contribution in [0.1, 0.15) is 19.3 Å². The Morgan fingerprint density at radius 1 is 1.25 bits per heavy atom. The summed E-state index contributed by atoms with van der Waals surface area (Å²) in [5.41, 5.74) is 0. The van der Waals surface area contributed by atoms with E-state index in [-0.39, 0.29) is 0 Å². The summed E-state index contributed by atoms with van der Waals surface area (Å²) in [5, 5.41) is 9.24. The molecule has 0 atom stereocenters. The lowest BCUT2D eigenvalue weighted by Crippen LogP contribution is -2.20. The monoisotopic (exact) mass is 271 g/mol. The van der Waals surface area contributed by atoms with Crippen LogP contribution in [0.25, 0.3) is 10.8 Å². The van der Waals surface area contributed by atoms with Crippen LogP contribution in [0.2, 0.25) is 0 Å². The SMILES string of the molecule is COc1ccc2ccnc(NCCCNC3CC3)c2c1. The second-order valence-electron chi connectivity index (χ2n) is 5.26. The van der Waals surface area contributed by atoms with Gasteiger partial charge >= 0.3 is 0 Å². The van der Waals surface area contributed by atoms with Gasteiger partial charge in [-0.25, -0.2) is 4.98 Å². The molecule has 1 aromatic carbocycles. The molecule has 0 unspecified atom stereocenters. The van der Waals surface area contributed by atoms with Gasteiger partial charge in [0.05, 0.1) is 7.11 Å². The predicted octanol–water partition coefficient (Wildman–Crippen LogP) is 2.80. The van der Waals surface area contributed by atoms with Crippen LogP contribution >= 0.6 is 0 Å². The number of ether oxygens (including phenoxy) is 1. The number of rotatable bonds is 7. The van der Waals surface area contributed by atoms with Crippen LogP contribution in [0.4, 0.5) is 5.82 Å². The van der Waals surface area contributed by atoms with E-state index in [1.165, 1.54) is 18.2 Å². The van der Waals surface area contributed by atoms with Crippen LogP contribution in [0.5, 0.6) is 5.75 Å². The molecule has 0 amide bonds. The molecule has 3 rings (SSSR count). The molecule has 2 N–H and O–H groups in total. The van der Waals surface area contributed by atoms with Crippen molar-refractivity contribution < 1.29 is 4.74 Å². The molecule has 0 saturated heterocycles. The van der Waals surface area contributed by atoms with Gasteiger partial charge in [0.2, 0.25) is 0 Å². The quantitative estimate of drug-likeness (QED) is 0.760. The van der Waals surface area contributed by atoms with Gasteiger partial charge in [-0.3, -0.25) is 0 Å². The molecule has 1 saturated carbocycles. The lowest BCUT2D eigenvalue weighted by atomic mass is 10.1. The van der Waals surface area contributed by atoms with Crippen molar-refractivity contribution in [3.63, 3.8) is 0 Å². The molecule has 4 nitrogen and oxygen atoms in total. The largest absolute Gasteiger partial charge is 0.497 e. The number of hydrogen-bond acceptors (Lipinski definition) is 4. The van der Waals surface area contributed by atoms with E-state index >= 15 is 0 Å². The molecule has 106 valence electrons. The van der Waals surface area contributed by atoms with Crippen molar-refractivity contribution >= 4 is 16.6 Å². The van der Waals surface area contributed by atoms with E-state index in [4.69, 9.17) is 4.74 Å². The summed E-state index contributed by atoms with van der Waals surface area (Å²) in [6.07, 6.45) is 5.65. The third-order valence-corrected chi connectivity index (χ3v) is 3.63. The maximum absolute atomic E-state index is 5.29. The van der Waals surface area contributed by atoms with Crippen LogP contribution in [0.3, 0.4) is 0 Å². The highest BCUT2D eigenvalue weighted by molar-refractivity contribution is 5.92. The number of aromatic nitrogens is 1. The summed E-state index contributed by atoms with van der Waals surface area (Å²) in [6, 6.07) is 8.89. The van der Waals surface area contributed by atoms with Crippen molar-refractivity contribution in [1.29, 1.82) is 0 Å². The summed E-state index contributed by atoms with van der Waals surface area (Å²) >= 11 is 0. The van der Waals surface area contributed by atoms with Crippen molar-refractivity contribution in [3.05, 3.63) is 30.5 Å². The Morgan fingerprint density at radius 2 is 2.15 bits per heavy atom. The summed E-state index contributed by atoms with van der Waals surface area (Å²) < 4.78 is 5.29. The molecule has 1 aromatic heterocycles.